The Balaban J connectivity index is 0.000000254. The third-order valence-corrected chi connectivity index (χ3v) is 5.17. The Labute approximate surface area is 134 Å². The lowest BCUT2D eigenvalue weighted by Crippen LogP contribution is -2.26. The first-order valence-electron chi connectivity index (χ1n) is 7.11. The van der Waals surface area contributed by atoms with Gasteiger partial charge in [-0.1, -0.05) is 18.2 Å². The number of halogens is 1. The molecule has 0 unspecified atom stereocenters. The molecular weight excluding hydrogens is 325 g/mol. The summed E-state index contributed by atoms with van der Waals surface area (Å²) >= 11 is 1.91. The molecule has 3 rings (SSSR count). The number of nitrogens with one attached hydrogen (secondary N) is 1. The maximum Gasteiger partial charge on any atom is 0.294 e. The van der Waals surface area contributed by atoms with Crippen LogP contribution in [0.15, 0.2) is 23.6 Å². The van der Waals surface area contributed by atoms with Gasteiger partial charge in [0.2, 0.25) is 6.01 Å². The van der Waals surface area contributed by atoms with Crippen LogP contribution in [0.25, 0.3) is 10.1 Å². The van der Waals surface area contributed by atoms with E-state index >= 15 is 0 Å². The molecule has 0 amide bonds. The Kier molecular flexibility index (Phi) is 5.91. The van der Waals surface area contributed by atoms with E-state index in [9.17, 15) is 12.8 Å². The Morgan fingerprint density at radius 2 is 2.00 bits per heavy atom. The maximum atomic E-state index is 10.7. The van der Waals surface area contributed by atoms with Gasteiger partial charge in [-0.25, -0.2) is 4.39 Å². The van der Waals surface area contributed by atoms with Gasteiger partial charge in [-0.2, -0.15) is 8.42 Å². The molecule has 2 aromatic rings. The molecule has 2 N–H and O–H groups in total. The quantitative estimate of drug-likeness (QED) is 0.818. The van der Waals surface area contributed by atoms with E-state index in [1.807, 2.05) is 11.3 Å². The summed E-state index contributed by atoms with van der Waals surface area (Å²) in [4.78, 5) is 0. The van der Waals surface area contributed by atoms with Gasteiger partial charge in [0.15, 0.2) is 0 Å². The SMILES string of the molecule is Cc1cccc2c(C3CCNCC3)csc12.O=S(=O)(O)CF. The lowest BCUT2D eigenvalue weighted by Gasteiger charge is -2.22. The summed E-state index contributed by atoms with van der Waals surface area (Å²) in [5.74, 6) is 0.775. The molecule has 22 heavy (non-hydrogen) atoms. The van der Waals surface area contributed by atoms with Crippen molar-refractivity contribution in [2.75, 3.05) is 19.1 Å². The van der Waals surface area contributed by atoms with Crippen molar-refractivity contribution in [1.29, 1.82) is 0 Å². The molecular formula is C15H20FNO3S2. The van der Waals surface area contributed by atoms with Crippen molar-refractivity contribution in [3.05, 3.63) is 34.7 Å². The van der Waals surface area contributed by atoms with Crippen LogP contribution >= 0.6 is 11.3 Å². The normalized spacial score (nSPS) is 16.3. The van der Waals surface area contributed by atoms with Gasteiger partial charge in [0.25, 0.3) is 10.1 Å². The van der Waals surface area contributed by atoms with Crippen molar-refractivity contribution < 1.29 is 17.4 Å². The molecule has 0 bridgehead atoms. The first kappa shape index (κ1) is 17.3. The molecule has 1 aliphatic rings. The minimum absolute atomic E-state index is 0.775. The van der Waals surface area contributed by atoms with Crippen LogP contribution in [0, 0.1) is 6.92 Å². The summed E-state index contributed by atoms with van der Waals surface area (Å²) in [5, 5.41) is 7.32. The van der Waals surface area contributed by atoms with Crippen LogP contribution in [0.3, 0.4) is 0 Å². The molecule has 1 aromatic heterocycles. The molecule has 7 heteroatoms. The molecule has 0 atom stereocenters. The third-order valence-electron chi connectivity index (χ3n) is 3.74. The summed E-state index contributed by atoms with van der Waals surface area (Å²) in [6.07, 6.45) is 2.58. The van der Waals surface area contributed by atoms with E-state index in [0.717, 1.165) is 5.92 Å². The van der Waals surface area contributed by atoms with Crippen LogP contribution in [0.1, 0.15) is 29.9 Å². The Bertz CT molecular complexity index is 721. The summed E-state index contributed by atoms with van der Waals surface area (Å²) in [6.45, 7) is 4.56. The lowest BCUT2D eigenvalue weighted by molar-refractivity contribution is 0.447. The van der Waals surface area contributed by atoms with Crippen LogP contribution in [-0.2, 0) is 10.1 Å². The van der Waals surface area contributed by atoms with Crippen molar-refractivity contribution in [2.45, 2.75) is 25.7 Å². The third kappa shape index (κ3) is 4.49. The summed E-state index contributed by atoms with van der Waals surface area (Å²) < 4.78 is 37.9. The van der Waals surface area contributed by atoms with Gasteiger partial charge in [-0.05, 0) is 60.7 Å². The van der Waals surface area contributed by atoms with Crippen LogP contribution in [0.2, 0.25) is 0 Å². The van der Waals surface area contributed by atoms with E-state index in [1.165, 1.54) is 41.6 Å². The Hall–Kier alpha value is -1.02. The molecule has 4 nitrogen and oxygen atoms in total. The lowest BCUT2D eigenvalue weighted by atomic mass is 9.90. The molecule has 1 aromatic carbocycles. The maximum absolute atomic E-state index is 10.7. The number of rotatable bonds is 2. The van der Waals surface area contributed by atoms with Crippen molar-refractivity contribution in [3.8, 4) is 0 Å². The van der Waals surface area contributed by atoms with Crippen molar-refractivity contribution in [1.82, 2.24) is 5.32 Å². The largest absolute Gasteiger partial charge is 0.317 e. The van der Waals surface area contributed by atoms with Gasteiger partial charge in [-0.15, -0.1) is 11.3 Å². The van der Waals surface area contributed by atoms with E-state index in [4.69, 9.17) is 4.55 Å². The zero-order valence-electron chi connectivity index (χ0n) is 12.4. The highest BCUT2D eigenvalue weighted by molar-refractivity contribution is 7.85. The van der Waals surface area contributed by atoms with Crippen LogP contribution < -0.4 is 5.32 Å². The fourth-order valence-electron chi connectivity index (χ4n) is 2.67. The standard InChI is InChI=1S/C14H17NS.CH3FO3S/c1-10-3-2-4-12-13(9-16-14(10)12)11-5-7-15-8-6-11;2-1-6(3,4)5/h2-4,9,11,15H,5-8H2,1H3;1H2,(H,3,4,5). The van der Waals surface area contributed by atoms with E-state index in [0.29, 0.717) is 0 Å². The second-order valence-corrected chi connectivity index (χ2v) is 7.62. The first-order chi connectivity index (χ1) is 10.4. The second-order valence-electron chi connectivity index (χ2n) is 5.36. The smallest absolute Gasteiger partial charge is 0.294 e. The molecule has 0 saturated carbocycles. The number of piperidine rings is 1. The highest BCUT2D eigenvalue weighted by atomic mass is 32.2. The number of hydrogen-bond acceptors (Lipinski definition) is 4. The number of thiophene rings is 1. The van der Waals surface area contributed by atoms with Crippen molar-refractivity contribution in [3.63, 3.8) is 0 Å². The van der Waals surface area contributed by atoms with Crippen molar-refractivity contribution in [2.24, 2.45) is 0 Å². The molecule has 0 spiro atoms. The molecule has 2 heterocycles. The Morgan fingerprint density at radius 1 is 1.36 bits per heavy atom. The fourth-order valence-corrected chi connectivity index (χ4v) is 3.80. The predicted molar refractivity (Wildman–Crippen MR) is 88.9 cm³/mol. The fraction of sp³-hybridized carbons (Fsp3) is 0.467. The zero-order chi connectivity index (χ0) is 16.2. The molecule has 1 fully saturated rings. The zero-order valence-corrected chi connectivity index (χ0v) is 14.0. The van der Waals surface area contributed by atoms with Gasteiger partial charge >= 0.3 is 0 Å². The van der Waals surface area contributed by atoms with E-state index < -0.39 is 16.1 Å². The minimum atomic E-state index is -4.33. The number of fused-ring (bicyclic) bond motifs is 1. The van der Waals surface area contributed by atoms with E-state index in [1.54, 1.807) is 5.56 Å². The summed E-state index contributed by atoms with van der Waals surface area (Å²) in [7, 11) is -4.33. The topological polar surface area (TPSA) is 66.4 Å². The monoisotopic (exact) mass is 345 g/mol. The highest BCUT2D eigenvalue weighted by Gasteiger charge is 2.18. The Morgan fingerprint density at radius 3 is 2.59 bits per heavy atom. The number of hydrogen-bond donors (Lipinski definition) is 2. The van der Waals surface area contributed by atoms with Crippen LogP contribution in [-0.4, -0.2) is 32.1 Å². The van der Waals surface area contributed by atoms with Gasteiger partial charge in [0.05, 0.1) is 0 Å². The average molecular weight is 345 g/mol. The van der Waals surface area contributed by atoms with Gasteiger partial charge in [0.1, 0.15) is 0 Å². The second kappa shape index (κ2) is 7.50. The molecule has 0 radical (unpaired) electrons. The summed E-state index contributed by atoms with van der Waals surface area (Å²) in [6, 6.07) is 4.99. The molecule has 0 aliphatic carbocycles. The van der Waals surface area contributed by atoms with Crippen LogP contribution in [0.5, 0.6) is 0 Å². The number of benzene rings is 1. The number of aryl methyl sites for hydroxylation is 1. The molecule has 122 valence electrons. The van der Waals surface area contributed by atoms with Gasteiger partial charge in [0, 0.05) is 4.70 Å². The van der Waals surface area contributed by atoms with Crippen molar-refractivity contribution >= 4 is 31.5 Å². The van der Waals surface area contributed by atoms with Gasteiger partial charge in [-0.3, -0.25) is 4.55 Å². The van der Waals surface area contributed by atoms with E-state index in [2.05, 4.69) is 35.8 Å². The molecule has 1 saturated heterocycles. The predicted octanol–water partition coefficient (Wildman–Crippen LogP) is 3.48. The number of alkyl halides is 1. The summed E-state index contributed by atoms with van der Waals surface area (Å²) in [5.41, 5.74) is 3.01. The highest BCUT2D eigenvalue weighted by Crippen LogP contribution is 2.36. The van der Waals surface area contributed by atoms with Crippen LogP contribution in [0.4, 0.5) is 4.39 Å². The first-order valence-corrected chi connectivity index (χ1v) is 9.60. The molecule has 1 aliphatic heterocycles. The van der Waals surface area contributed by atoms with Gasteiger partial charge < -0.3 is 5.32 Å². The van der Waals surface area contributed by atoms with E-state index in [-0.39, 0.29) is 0 Å². The average Bonchev–Trinajstić information content (AvgIpc) is 2.93. The minimum Gasteiger partial charge on any atom is -0.317 e.